The van der Waals surface area contributed by atoms with Crippen LogP contribution in [0.25, 0.3) is 0 Å². The summed E-state index contributed by atoms with van der Waals surface area (Å²) in [6, 6.07) is 0. The van der Waals surface area contributed by atoms with Crippen molar-refractivity contribution in [2.24, 2.45) is 5.73 Å². The number of alkyl halides is 1. The molecule has 0 fully saturated rings. The Morgan fingerprint density at radius 2 is 0.542 bits per heavy atom. The molecule has 1 nitrogen and oxygen atoms in total. The highest BCUT2D eigenvalue weighted by Gasteiger charge is 1.95. The molecule has 0 radical (unpaired) electrons. The highest BCUT2D eigenvalue weighted by atomic mass is 19.1. The number of unbranched alkanes of at least 4 members (excludes halogenated alkanes) is 19. The fourth-order valence-corrected chi connectivity index (χ4v) is 3.42. The van der Waals surface area contributed by atoms with Crippen LogP contribution >= 0.6 is 0 Å². The van der Waals surface area contributed by atoms with Gasteiger partial charge in [0.2, 0.25) is 0 Å². The Labute approximate surface area is 152 Å². The first kappa shape index (κ1) is 23.9. The second-order valence-electron chi connectivity index (χ2n) is 7.55. The van der Waals surface area contributed by atoms with E-state index in [1.165, 1.54) is 116 Å². The standard InChI is InChI=1S/C22H46FN/c23-21-19-17-15-13-11-9-7-5-3-1-2-4-6-8-10-12-14-16-18-20-22-24/h1-22,24H2. The molecule has 0 aliphatic rings. The highest BCUT2D eigenvalue weighted by Crippen LogP contribution is 2.14. The predicted octanol–water partition coefficient (Wildman–Crippen LogP) is 7.72. The van der Waals surface area contributed by atoms with E-state index in [0.717, 1.165) is 19.4 Å². The molecule has 0 heterocycles. The Morgan fingerprint density at radius 3 is 0.750 bits per heavy atom. The monoisotopic (exact) mass is 343 g/mol. The van der Waals surface area contributed by atoms with Crippen molar-refractivity contribution in [2.45, 2.75) is 128 Å². The maximum absolute atomic E-state index is 11.9. The molecule has 0 saturated heterocycles. The molecule has 2 heteroatoms. The Bertz CT molecular complexity index is 186. The molecular formula is C22H46FN. The fraction of sp³-hybridized carbons (Fsp3) is 1.00. The Hall–Kier alpha value is -0.110. The van der Waals surface area contributed by atoms with E-state index in [0.29, 0.717) is 0 Å². The van der Waals surface area contributed by atoms with E-state index >= 15 is 0 Å². The lowest BCUT2D eigenvalue weighted by molar-refractivity contribution is 0.448. The molecular weight excluding hydrogens is 297 g/mol. The minimum absolute atomic E-state index is 0.130. The largest absolute Gasteiger partial charge is 0.330 e. The second kappa shape index (κ2) is 22.9. The number of halogens is 1. The first-order chi connectivity index (χ1) is 11.9. The maximum Gasteiger partial charge on any atom is 0.0894 e. The summed E-state index contributed by atoms with van der Waals surface area (Å²) in [4.78, 5) is 0. The van der Waals surface area contributed by atoms with Crippen molar-refractivity contribution in [3.05, 3.63) is 0 Å². The van der Waals surface area contributed by atoms with E-state index in [2.05, 4.69) is 0 Å². The summed E-state index contributed by atoms with van der Waals surface area (Å²) in [7, 11) is 0. The van der Waals surface area contributed by atoms with Crippen LogP contribution in [0.2, 0.25) is 0 Å². The molecule has 0 unspecified atom stereocenters. The number of hydrogen-bond acceptors (Lipinski definition) is 1. The first-order valence-electron chi connectivity index (χ1n) is 11.2. The lowest BCUT2D eigenvalue weighted by atomic mass is 10.0. The van der Waals surface area contributed by atoms with Gasteiger partial charge in [-0.1, -0.05) is 116 Å². The lowest BCUT2D eigenvalue weighted by Crippen LogP contribution is -1.97. The molecule has 0 rings (SSSR count). The fourth-order valence-electron chi connectivity index (χ4n) is 3.42. The zero-order valence-corrected chi connectivity index (χ0v) is 16.5. The first-order valence-corrected chi connectivity index (χ1v) is 11.2. The molecule has 24 heavy (non-hydrogen) atoms. The van der Waals surface area contributed by atoms with Crippen LogP contribution < -0.4 is 5.73 Å². The summed E-state index contributed by atoms with van der Waals surface area (Å²) >= 11 is 0. The molecule has 0 aliphatic heterocycles. The molecule has 0 saturated carbocycles. The Kier molecular flexibility index (Phi) is 22.8. The minimum Gasteiger partial charge on any atom is -0.330 e. The van der Waals surface area contributed by atoms with Gasteiger partial charge in [-0.15, -0.1) is 0 Å². The van der Waals surface area contributed by atoms with E-state index in [4.69, 9.17) is 5.73 Å². The zero-order chi connectivity index (χ0) is 17.6. The quantitative estimate of drug-likeness (QED) is 0.212. The minimum atomic E-state index is -0.130. The predicted molar refractivity (Wildman–Crippen MR) is 107 cm³/mol. The normalized spacial score (nSPS) is 11.2. The number of rotatable bonds is 21. The van der Waals surface area contributed by atoms with Crippen LogP contribution in [0.15, 0.2) is 0 Å². The summed E-state index contributed by atoms with van der Waals surface area (Å²) in [6.07, 6.45) is 26.8. The van der Waals surface area contributed by atoms with Crippen molar-refractivity contribution in [3.63, 3.8) is 0 Å². The molecule has 0 aromatic rings. The van der Waals surface area contributed by atoms with Gasteiger partial charge in [0.15, 0.2) is 0 Å². The molecule has 0 aliphatic carbocycles. The van der Waals surface area contributed by atoms with Gasteiger partial charge >= 0.3 is 0 Å². The molecule has 0 aromatic heterocycles. The molecule has 0 spiro atoms. The van der Waals surface area contributed by atoms with Crippen LogP contribution in [0, 0.1) is 0 Å². The Morgan fingerprint density at radius 1 is 0.333 bits per heavy atom. The average molecular weight is 344 g/mol. The molecule has 0 amide bonds. The molecule has 146 valence electrons. The van der Waals surface area contributed by atoms with Crippen molar-refractivity contribution in [1.82, 2.24) is 0 Å². The highest BCUT2D eigenvalue weighted by molar-refractivity contribution is 4.51. The van der Waals surface area contributed by atoms with E-state index in [9.17, 15) is 4.39 Å². The van der Waals surface area contributed by atoms with Crippen molar-refractivity contribution < 1.29 is 4.39 Å². The SMILES string of the molecule is NCCCCCCCCCCCCCCCCCCCCCCF. The second-order valence-corrected chi connectivity index (χ2v) is 7.55. The summed E-state index contributed by atoms with van der Waals surface area (Å²) in [5, 5.41) is 0. The van der Waals surface area contributed by atoms with Gasteiger partial charge in [0.05, 0.1) is 6.67 Å². The van der Waals surface area contributed by atoms with Gasteiger partial charge in [-0.25, -0.2) is 0 Å². The maximum atomic E-state index is 11.9. The third kappa shape index (κ3) is 21.9. The molecule has 0 aromatic carbocycles. The van der Waals surface area contributed by atoms with Crippen molar-refractivity contribution >= 4 is 0 Å². The van der Waals surface area contributed by atoms with E-state index in [1.807, 2.05) is 0 Å². The van der Waals surface area contributed by atoms with Gasteiger partial charge in [-0.3, -0.25) is 4.39 Å². The summed E-state index contributed by atoms with van der Waals surface area (Å²) in [5.41, 5.74) is 5.50. The van der Waals surface area contributed by atoms with Crippen LogP contribution in [0.3, 0.4) is 0 Å². The third-order valence-electron chi connectivity index (χ3n) is 5.09. The van der Waals surface area contributed by atoms with Gasteiger partial charge in [-0.05, 0) is 19.4 Å². The number of nitrogens with two attached hydrogens (primary N) is 1. The van der Waals surface area contributed by atoms with Gasteiger partial charge in [0.25, 0.3) is 0 Å². The lowest BCUT2D eigenvalue weighted by Gasteiger charge is -2.04. The molecule has 0 atom stereocenters. The van der Waals surface area contributed by atoms with Gasteiger partial charge in [-0.2, -0.15) is 0 Å². The van der Waals surface area contributed by atoms with Gasteiger partial charge < -0.3 is 5.73 Å². The average Bonchev–Trinajstić information content (AvgIpc) is 2.60. The van der Waals surface area contributed by atoms with E-state index in [-0.39, 0.29) is 6.67 Å². The topological polar surface area (TPSA) is 26.0 Å². The van der Waals surface area contributed by atoms with Crippen molar-refractivity contribution in [1.29, 1.82) is 0 Å². The third-order valence-corrected chi connectivity index (χ3v) is 5.09. The smallest absolute Gasteiger partial charge is 0.0894 e. The van der Waals surface area contributed by atoms with Crippen molar-refractivity contribution in [3.8, 4) is 0 Å². The molecule has 2 N–H and O–H groups in total. The van der Waals surface area contributed by atoms with Crippen LogP contribution in [0.5, 0.6) is 0 Å². The van der Waals surface area contributed by atoms with Gasteiger partial charge in [0, 0.05) is 0 Å². The summed E-state index contributed by atoms with van der Waals surface area (Å²) in [6.45, 7) is 0.733. The van der Waals surface area contributed by atoms with Crippen LogP contribution in [-0.2, 0) is 0 Å². The van der Waals surface area contributed by atoms with E-state index < -0.39 is 0 Å². The van der Waals surface area contributed by atoms with Crippen LogP contribution in [0.1, 0.15) is 128 Å². The van der Waals surface area contributed by atoms with Gasteiger partial charge in [0.1, 0.15) is 0 Å². The van der Waals surface area contributed by atoms with Crippen molar-refractivity contribution in [2.75, 3.05) is 13.2 Å². The zero-order valence-electron chi connectivity index (χ0n) is 16.5. The van der Waals surface area contributed by atoms with Crippen LogP contribution in [0.4, 0.5) is 4.39 Å². The van der Waals surface area contributed by atoms with Crippen LogP contribution in [-0.4, -0.2) is 13.2 Å². The molecule has 0 bridgehead atoms. The Balaban J connectivity index is 2.93. The summed E-state index contributed by atoms with van der Waals surface area (Å²) in [5.74, 6) is 0. The van der Waals surface area contributed by atoms with E-state index in [1.54, 1.807) is 0 Å². The summed E-state index contributed by atoms with van der Waals surface area (Å²) < 4.78 is 11.9. The number of hydrogen-bond donors (Lipinski definition) is 1.